The van der Waals surface area contributed by atoms with E-state index in [1.807, 2.05) is 43.7 Å². The SMILES string of the molecule is Cc1nn(Cc2ccccc2)c(C)c1CNC(=O)CN1C(=O)N[C@]2(CCCC[C@H]2C)C1=O. The van der Waals surface area contributed by atoms with Gasteiger partial charge in [0.2, 0.25) is 5.91 Å². The van der Waals surface area contributed by atoms with Crippen molar-refractivity contribution in [3.8, 4) is 0 Å². The number of hydrogen-bond acceptors (Lipinski definition) is 4. The van der Waals surface area contributed by atoms with Crippen molar-refractivity contribution in [2.75, 3.05) is 6.54 Å². The van der Waals surface area contributed by atoms with E-state index in [9.17, 15) is 14.4 Å². The summed E-state index contributed by atoms with van der Waals surface area (Å²) in [6, 6.07) is 9.60. The molecule has 0 radical (unpaired) electrons. The second kappa shape index (κ2) is 8.76. The summed E-state index contributed by atoms with van der Waals surface area (Å²) in [5.74, 6) is -0.557. The van der Waals surface area contributed by atoms with Gasteiger partial charge in [-0.05, 0) is 38.2 Å². The lowest BCUT2D eigenvalue weighted by molar-refractivity contribution is -0.137. The van der Waals surface area contributed by atoms with Crippen LogP contribution >= 0.6 is 0 Å². The quantitative estimate of drug-likeness (QED) is 0.679. The molecule has 1 aliphatic heterocycles. The number of hydrogen-bond donors (Lipinski definition) is 2. The van der Waals surface area contributed by atoms with E-state index in [4.69, 9.17) is 0 Å². The third-order valence-electron chi connectivity index (χ3n) is 6.97. The Balaban J connectivity index is 1.38. The molecule has 2 heterocycles. The Labute approximate surface area is 188 Å². The summed E-state index contributed by atoms with van der Waals surface area (Å²) in [4.78, 5) is 39.2. The smallest absolute Gasteiger partial charge is 0.325 e. The molecule has 2 atom stereocenters. The summed E-state index contributed by atoms with van der Waals surface area (Å²) < 4.78 is 1.93. The molecule has 4 amide bonds. The highest BCUT2D eigenvalue weighted by Crippen LogP contribution is 2.38. The van der Waals surface area contributed by atoms with Crippen molar-refractivity contribution in [2.45, 2.75) is 65.1 Å². The lowest BCUT2D eigenvalue weighted by atomic mass is 9.73. The predicted molar refractivity (Wildman–Crippen MR) is 120 cm³/mol. The number of benzene rings is 1. The standard InChI is InChI=1S/C24H31N5O3/c1-16-9-7-8-12-24(16)22(31)28(23(32)26-24)15-21(30)25-13-20-17(2)27-29(18(20)3)14-19-10-5-4-6-11-19/h4-6,10-11,16H,7-9,12-15H2,1-3H3,(H,25,30)(H,26,32)/t16-,24+/m1/s1. The second-order valence-corrected chi connectivity index (χ2v) is 9.01. The van der Waals surface area contributed by atoms with E-state index in [2.05, 4.69) is 27.9 Å². The number of urea groups is 1. The van der Waals surface area contributed by atoms with Crippen LogP contribution in [0.3, 0.4) is 0 Å². The van der Waals surface area contributed by atoms with E-state index in [0.717, 1.165) is 46.7 Å². The number of rotatable bonds is 6. The van der Waals surface area contributed by atoms with Gasteiger partial charge in [0, 0.05) is 17.8 Å². The molecule has 2 N–H and O–H groups in total. The summed E-state index contributed by atoms with van der Waals surface area (Å²) in [6.45, 7) is 6.59. The number of nitrogens with zero attached hydrogens (tertiary/aromatic N) is 3. The van der Waals surface area contributed by atoms with Gasteiger partial charge in [-0.15, -0.1) is 0 Å². The van der Waals surface area contributed by atoms with Gasteiger partial charge in [0.25, 0.3) is 5.91 Å². The van der Waals surface area contributed by atoms with Crippen LogP contribution < -0.4 is 10.6 Å². The Morgan fingerprint density at radius 3 is 2.69 bits per heavy atom. The van der Waals surface area contributed by atoms with Crippen LogP contribution in [0.2, 0.25) is 0 Å². The van der Waals surface area contributed by atoms with Crippen LogP contribution in [0.1, 0.15) is 55.1 Å². The van der Waals surface area contributed by atoms with Gasteiger partial charge in [0.1, 0.15) is 12.1 Å². The minimum absolute atomic E-state index is 0.0708. The number of aromatic nitrogens is 2. The van der Waals surface area contributed by atoms with Gasteiger partial charge >= 0.3 is 6.03 Å². The van der Waals surface area contributed by atoms with Crippen molar-refractivity contribution < 1.29 is 14.4 Å². The topological polar surface area (TPSA) is 96.3 Å². The van der Waals surface area contributed by atoms with Gasteiger partial charge in [0.05, 0.1) is 12.2 Å². The molecule has 1 spiro atoms. The molecule has 32 heavy (non-hydrogen) atoms. The third-order valence-corrected chi connectivity index (χ3v) is 6.97. The van der Waals surface area contributed by atoms with E-state index in [-0.39, 0.29) is 24.3 Å². The molecule has 2 aromatic rings. The minimum atomic E-state index is -0.846. The molecule has 1 aromatic heterocycles. The van der Waals surface area contributed by atoms with E-state index >= 15 is 0 Å². The molecule has 1 aromatic carbocycles. The highest BCUT2D eigenvalue weighted by Gasteiger charge is 2.55. The second-order valence-electron chi connectivity index (χ2n) is 9.01. The third kappa shape index (κ3) is 4.01. The summed E-state index contributed by atoms with van der Waals surface area (Å²) in [6.07, 6.45) is 3.50. The molecule has 1 aliphatic carbocycles. The fourth-order valence-corrected chi connectivity index (χ4v) is 4.93. The molecule has 0 unspecified atom stereocenters. The first-order chi connectivity index (χ1) is 15.3. The lowest BCUT2D eigenvalue weighted by Crippen LogP contribution is -2.54. The van der Waals surface area contributed by atoms with E-state index in [1.54, 1.807) is 0 Å². The van der Waals surface area contributed by atoms with Crippen LogP contribution in [0, 0.1) is 19.8 Å². The van der Waals surface area contributed by atoms with Gasteiger partial charge in [-0.1, -0.05) is 50.1 Å². The van der Waals surface area contributed by atoms with Gasteiger partial charge in [0.15, 0.2) is 0 Å². The Morgan fingerprint density at radius 2 is 1.97 bits per heavy atom. The summed E-state index contributed by atoms with van der Waals surface area (Å²) in [7, 11) is 0. The first-order valence-corrected chi connectivity index (χ1v) is 11.3. The number of amides is 4. The zero-order chi connectivity index (χ0) is 22.9. The molecule has 8 nitrogen and oxygen atoms in total. The first-order valence-electron chi connectivity index (χ1n) is 11.3. The maximum atomic E-state index is 13.0. The van der Waals surface area contributed by atoms with Gasteiger partial charge in [-0.25, -0.2) is 4.79 Å². The van der Waals surface area contributed by atoms with E-state index in [0.29, 0.717) is 19.5 Å². The van der Waals surface area contributed by atoms with Crippen molar-refractivity contribution in [3.05, 3.63) is 52.8 Å². The van der Waals surface area contributed by atoms with Crippen molar-refractivity contribution >= 4 is 17.8 Å². The average molecular weight is 438 g/mol. The molecule has 170 valence electrons. The maximum absolute atomic E-state index is 13.0. The van der Waals surface area contributed by atoms with Crippen LogP contribution in [0.25, 0.3) is 0 Å². The zero-order valence-corrected chi connectivity index (χ0v) is 19.0. The van der Waals surface area contributed by atoms with E-state index < -0.39 is 11.6 Å². The molecule has 1 saturated heterocycles. The number of nitrogens with one attached hydrogen (secondary N) is 2. The Hall–Kier alpha value is -3.16. The monoisotopic (exact) mass is 437 g/mol. The van der Waals surface area contributed by atoms with Crippen molar-refractivity contribution in [3.63, 3.8) is 0 Å². The van der Waals surface area contributed by atoms with Gasteiger partial charge in [-0.3, -0.25) is 19.2 Å². The lowest BCUT2D eigenvalue weighted by Gasteiger charge is -2.36. The molecule has 1 saturated carbocycles. The highest BCUT2D eigenvalue weighted by molar-refractivity contribution is 6.09. The summed E-state index contributed by atoms with van der Waals surface area (Å²) >= 11 is 0. The predicted octanol–water partition coefficient (Wildman–Crippen LogP) is 2.67. The number of imide groups is 1. The Bertz CT molecular complexity index is 1030. The fraction of sp³-hybridized carbons (Fsp3) is 0.500. The van der Waals surface area contributed by atoms with Crippen LogP contribution in [-0.2, 0) is 22.7 Å². The molecule has 0 bridgehead atoms. The van der Waals surface area contributed by atoms with Crippen molar-refractivity contribution in [1.82, 2.24) is 25.3 Å². The normalized spacial score (nSPS) is 23.0. The first kappa shape index (κ1) is 22.0. The molecule has 8 heteroatoms. The summed E-state index contributed by atoms with van der Waals surface area (Å²) in [5.41, 5.74) is 3.09. The molecular weight excluding hydrogens is 406 g/mol. The van der Waals surface area contributed by atoms with Crippen molar-refractivity contribution in [1.29, 1.82) is 0 Å². The number of carbonyl (C=O) groups excluding carboxylic acids is 3. The van der Waals surface area contributed by atoms with Crippen LogP contribution in [-0.4, -0.2) is 44.6 Å². The van der Waals surface area contributed by atoms with Crippen LogP contribution in [0.15, 0.2) is 30.3 Å². The van der Waals surface area contributed by atoms with Crippen molar-refractivity contribution in [2.24, 2.45) is 5.92 Å². The molecular formula is C24H31N5O3. The Kier molecular flexibility index (Phi) is 6.04. The number of carbonyl (C=O) groups is 3. The molecule has 4 rings (SSSR count). The average Bonchev–Trinajstić information content (AvgIpc) is 3.17. The summed E-state index contributed by atoms with van der Waals surface area (Å²) in [5, 5.41) is 10.4. The largest absolute Gasteiger partial charge is 0.350 e. The van der Waals surface area contributed by atoms with E-state index in [1.165, 1.54) is 0 Å². The minimum Gasteiger partial charge on any atom is -0.350 e. The Morgan fingerprint density at radius 1 is 1.22 bits per heavy atom. The van der Waals surface area contributed by atoms with Gasteiger partial charge < -0.3 is 10.6 Å². The molecule has 2 aliphatic rings. The molecule has 2 fully saturated rings. The van der Waals surface area contributed by atoms with Gasteiger partial charge in [-0.2, -0.15) is 5.10 Å². The van der Waals surface area contributed by atoms with Crippen LogP contribution in [0.5, 0.6) is 0 Å². The maximum Gasteiger partial charge on any atom is 0.325 e. The zero-order valence-electron chi connectivity index (χ0n) is 19.0. The number of aryl methyl sites for hydroxylation is 1. The highest BCUT2D eigenvalue weighted by atomic mass is 16.2. The van der Waals surface area contributed by atoms with Crippen LogP contribution in [0.4, 0.5) is 4.79 Å². The fourth-order valence-electron chi connectivity index (χ4n) is 4.93.